The quantitative estimate of drug-likeness (QED) is 0.847. The second-order valence-corrected chi connectivity index (χ2v) is 5.98. The Kier molecular flexibility index (Phi) is 2.52. The second kappa shape index (κ2) is 3.82. The van der Waals surface area contributed by atoms with E-state index in [1.54, 1.807) is 0 Å². The highest BCUT2D eigenvalue weighted by atomic mass is 79.9. The van der Waals surface area contributed by atoms with Gasteiger partial charge in [-0.1, -0.05) is 15.9 Å². The molecule has 0 spiro atoms. The lowest BCUT2D eigenvalue weighted by Gasteiger charge is -2.21. The maximum atomic E-state index is 4.77. The van der Waals surface area contributed by atoms with Gasteiger partial charge in [0.15, 0.2) is 0 Å². The summed E-state index contributed by atoms with van der Waals surface area (Å²) < 4.78 is 1.10. The van der Waals surface area contributed by atoms with Crippen molar-refractivity contribution in [3.8, 4) is 0 Å². The maximum Gasteiger partial charge on any atom is 0.127 e. The number of nitrogens with one attached hydrogen (secondary N) is 2. The van der Waals surface area contributed by atoms with Crippen molar-refractivity contribution >= 4 is 27.0 Å². The number of rotatable bonds is 1. The largest absolute Gasteiger partial charge is 0.340 e. The highest BCUT2D eigenvalue weighted by molar-refractivity contribution is 9.10. The molecule has 0 radical (unpaired) electrons. The standard InChI is InChI=1S/C13H16BrN3/c1-8-6-9(14)7-10-11(8)17-12(16-10)13(2)4-3-5-15-13/h6-7,15H,3-5H2,1-2H3,(H,16,17)/t13-/m0/s1. The lowest BCUT2D eigenvalue weighted by Crippen LogP contribution is -2.34. The highest BCUT2D eigenvalue weighted by Crippen LogP contribution is 2.31. The third kappa shape index (κ3) is 1.79. The first kappa shape index (κ1) is 11.2. The first-order valence-corrected chi connectivity index (χ1v) is 6.79. The van der Waals surface area contributed by atoms with Crippen LogP contribution in [0, 0.1) is 6.92 Å². The topological polar surface area (TPSA) is 40.7 Å². The molecule has 4 heteroatoms. The van der Waals surface area contributed by atoms with Crippen LogP contribution in [0.3, 0.4) is 0 Å². The van der Waals surface area contributed by atoms with E-state index in [-0.39, 0.29) is 5.54 Å². The molecule has 0 saturated carbocycles. The zero-order chi connectivity index (χ0) is 12.0. The minimum atomic E-state index is 0.0118. The highest BCUT2D eigenvalue weighted by Gasteiger charge is 2.33. The summed E-state index contributed by atoms with van der Waals surface area (Å²) in [5.74, 6) is 1.06. The molecule has 2 aromatic rings. The number of imidazole rings is 1. The summed E-state index contributed by atoms with van der Waals surface area (Å²) in [5, 5.41) is 3.54. The van der Waals surface area contributed by atoms with Crippen LogP contribution in [-0.2, 0) is 5.54 Å². The molecule has 1 atom stereocenters. The van der Waals surface area contributed by atoms with E-state index in [4.69, 9.17) is 4.98 Å². The van der Waals surface area contributed by atoms with Gasteiger partial charge >= 0.3 is 0 Å². The van der Waals surface area contributed by atoms with Gasteiger partial charge in [0.05, 0.1) is 16.6 Å². The van der Waals surface area contributed by atoms with Crippen LogP contribution < -0.4 is 5.32 Å². The minimum absolute atomic E-state index is 0.0118. The summed E-state index contributed by atoms with van der Waals surface area (Å²) in [5.41, 5.74) is 3.41. The molecule has 1 aromatic heterocycles. The fourth-order valence-corrected chi connectivity index (χ4v) is 3.18. The number of aryl methyl sites for hydroxylation is 1. The lowest BCUT2D eigenvalue weighted by atomic mass is 10.00. The Bertz CT molecular complexity index is 567. The summed E-state index contributed by atoms with van der Waals surface area (Å²) >= 11 is 3.53. The number of hydrogen-bond acceptors (Lipinski definition) is 2. The Balaban J connectivity index is 2.16. The van der Waals surface area contributed by atoms with Crippen LogP contribution in [0.4, 0.5) is 0 Å². The van der Waals surface area contributed by atoms with Gasteiger partial charge in [-0.25, -0.2) is 4.98 Å². The molecule has 2 heterocycles. The number of aromatic amines is 1. The molecule has 17 heavy (non-hydrogen) atoms. The molecule has 90 valence electrons. The molecule has 3 rings (SSSR count). The lowest BCUT2D eigenvalue weighted by molar-refractivity contribution is 0.412. The van der Waals surface area contributed by atoms with Crippen LogP contribution in [0.1, 0.15) is 31.2 Å². The van der Waals surface area contributed by atoms with Gasteiger partial charge < -0.3 is 10.3 Å². The molecule has 1 aromatic carbocycles. The van der Waals surface area contributed by atoms with Crippen LogP contribution in [-0.4, -0.2) is 16.5 Å². The third-order valence-electron chi connectivity index (χ3n) is 3.63. The van der Waals surface area contributed by atoms with Crippen molar-refractivity contribution in [1.29, 1.82) is 0 Å². The number of H-pyrrole nitrogens is 1. The number of halogens is 1. The molecule has 0 unspecified atom stereocenters. The van der Waals surface area contributed by atoms with E-state index in [2.05, 4.69) is 52.2 Å². The molecule has 3 nitrogen and oxygen atoms in total. The summed E-state index contributed by atoms with van der Waals surface area (Å²) in [7, 11) is 0. The van der Waals surface area contributed by atoms with Crippen molar-refractivity contribution in [2.24, 2.45) is 0 Å². The number of fused-ring (bicyclic) bond motifs is 1. The fraction of sp³-hybridized carbons (Fsp3) is 0.462. The second-order valence-electron chi connectivity index (χ2n) is 5.07. The van der Waals surface area contributed by atoms with E-state index in [1.165, 1.54) is 12.0 Å². The van der Waals surface area contributed by atoms with E-state index >= 15 is 0 Å². The van der Waals surface area contributed by atoms with E-state index in [0.29, 0.717) is 0 Å². The van der Waals surface area contributed by atoms with Gasteiger partial charge in [0.2, 0.25) is 0 Å². The zero-order valence-electron chi connectivity index (χ0n) is 10.1. The minimum Gasteiger partial charge on any atom is -0.340 e. The molecule has 2 N–H and O–H groups in total. The van der Waals surface area contributed by atoms with Crippen LogP contribution in [0.15, 0.2) is 16.6 Å². The number of aromatic nitrogens is 2. The smallest absolute Gasteiger partial charge is 0.127 e. The zero-order valence-corrected chi connectivity index (χ0v) is 11.7. The average Bonchev–Trinajstić information content (AvgIpc) is 2.84. The van der Waals surface area contributed by atoms with Crippen LogP contribution in [0.25, 0.3) is 11.0 Å². The Hall–Kier alpha value is -0.870. The summed E-state index contributed by atoms with van der Waals surface area (Å²) in [6.45, 7) is 5.40. The van der Waals surface area contributed by atoms with Gasteiger partial charge in [-0.3, -0.25) is 0 Å². The summed E-state index contributed by atoms with van der Waals surface area (Å²) in [6, 6.07) is 4.20. The molecular formula is C13H16BrN3. The molecule has 1 aliphatic rings. The molecule has 0 aliphatic carbocycles. The predicted octanol–water partition coefficient (Wildman–Crippen LogP) is 3.23. The van der Waals surface area contributed by atoms with E-state index in [1.807, 2.05) is 0 Å². The first-order valence-electron chi connectivity index (χ1n) is 6.00. The monoisotopic (exact) mass is 293 g/mol. The predicted molar refractivity (Wildman–Crippen MR) is 73.1 cm³/mol. The van der Waals surface area contributed by atoms with Crippen LogP contribution >= 0.6 is 15.9 Å². The fourth-order valence-electron chi connectivity index (χ4n) is 2.60. The molecule has 1 aliphatic heterocycles. The van der Waals surface area contributed by atoms with E-state index in [9.17, 15) is 0 Å². The number of nitrogens with zero attached hydrogens (tertiary/aromatic N) is 1. The Labute approximate surface area is 109 Å². The molecule has 0 bridgehead atoms. The van der Waals surface area contributed by atoms with E-state index in [0.717, 1.165) is 34.3 Å². The average molecular weight is 294 g/mol. The van der Waals surface area contributed by atoms with Crippen LogP contribution in [0.5, 0.6) is 0 Å². The van der Waals surface area contributed by atoms with Crippen molar-refractivity contribution in [2.75, 3.05) is 6.54 Å². The van der Waals surface area contributed by atoms with Gasteiger partial charge in [-0.05, 0) is 50.9 Å². The van der Waals surface area contributed by atoms with Gasteiger partial charge in [0.1, 0.15) is 5.82 Å². The Morgan fingerprint density at radius 3 is 2.94 bits per heavy atom. The SMILES string of the molecule is Cc1cc(Br)cc2[nH]c([C@]3(C)CCCN3)nc12. The summed E-state index contributed by atoms with van der Waals surface area (Å²) in [6.07, 6.45) is 2.36. The Morgan fingerprint density at radius 1 is 1.41 bits per heavy atom. The number of hydrogen-bond donors (Lipinski definition) is 2. The molecule has 0 amide bonds. The Morgan fingerprint density at radius 2 is 2.24 bits per heavy atom. The van der Waals surface area contributed by atoms with Crippen LogP contribution in [0.2, 0.25) is 0 Å². The molecule has 1 saturated heterocycles. The normalized spacial score (nSPS) is 24.6. The van der Waals surface area contributed by atoms with Gasteiger partial charge in [-0.2, -0.15) is 0 Å². The van der Waals surface area contributed by atoms with Crippen molar-refractivity contribution < 1.29 is 0 Å². The molecular weight excluding hydrogens is 278 g/mol. The van der Waals surface area contributed by atoms with Crippen molar-refractivity contribution in [3.05, 3.63) is 28.0 Å². The maximum absolute atomic E-state index is 4.77. The van der Waals surface area contributed by atoms with E-state index < -0.39 is 0 Å². The summed E-state index contributed by atoms with van der Waals surface area (Å²) in [4.78, 5) is 8.22. The van der Waals surface area contributed by atoms with Crippen molar-refractivity contribution in [1.82, 2.24) is 15.3 Å². The third-order valence-corrected chi connectivity index (χ3v) is 4.09. The van der Waals surface area contributed by atoms with Crippen molar-refractivity contribution in [3.63, 3.8) is 0 Å². The number of benzene rings is 1. The van der Waals surface area contributed by atoms with Crippen molar-refractivity contribution in [2.45, 2.75) is 32.2 Å². The van der Waals surface area contributed by atoms with Gasteiger partial charge in [0.25, 0.3) is 0 Å². The first-order chi connectivity index (χ1) is 8.08. The van der Waals surface area contributed by atoms with Gasteiger partial charge in [-0.15, -0.1) is 0 Å². The van der Waals surface area contributed by atoms with Gasteiger partial charge in [0, 0.05) is 4.47 Å². The molecule has 1 fully saturated rings.